The van der Waals surface area contributed by atoms with Crippen LogP contribution in [0.3, 0.4) is 0 Å². The molecule has 30 heavy (non-hydrogen) atoms. The Morgan fingerprint density at radius 1 is 1.10 bits per heavy atom. The molecule has 154 valence electrons. The highest BCUT2D eigenvalue weighted by Gasteiger charge is 2.20. The highest BCUT2D eigenvalue weighted by Crippen LogP contribution is 2.26. The smallest absolute Gasteiger partial charge is 0.310 e. The standard InChI is InChI=1S/C21H19N3O6/c1-23(20(25)14-30-19-11-5-4-10-18(19)24(27)28)17-9-3-2-8-16(17)21(26)22-13-15-7-6-12-29-15/h2-12H,13-14H2,1H3,(H,22,26). The molecule has 0 saturated carbocycles. The number of rotatable bonds is 8. The molecule has 0 aliphatic rings. The fourth-order valence-corrected chi connectivity index (χ4v) is 2.73. The number of likely N-dealkylation sites (N-methyl/N-ethyl adjacent to an activating group) is 1. The number of carbonyl (C=O) groups is 2. The fourth-order valence-electron chi connectivity index (χ4n) is 2.73. The first-order valence-electron chi connectivity index (χ1n) is 8.99. The number of nitro groups is 1. The number of hydrogen-bond donors (Lipinski definition) is 1. The quantitative estimate of drug-likeness (QED) is 0.451. The van der Waals surface area contributed by atoms with Crippen LogP contribution in [0.15, 0.2) is 71.3 Å². The predicted molar refractivity (Wildman–Crippen MR) is 108 cm³/mol. The van der Waals surface area contributed by atoms with E-state index in [1.54, 1.807) is 42.5 Å². The summed E-state index contributed by atoms with van der Waals surface area (Å²) >= 11 is 0. The summed E-state index contributed by atoms with van der Waals surface area (Å²) in [7, 11) is 1.50. The van der Waals surface area contributed by atoms with Crippen LogP contribution in [-0.4, -0.2) is 30.4 Å². The first kappa shape index (κ1) is 20.6. The summed E-state index contributed by atoms with van der Waals surface area (Å²) in [5, 5.41) is 13.8. The van der Waals surface area contributed by atoms with E-state index in [4.69, 9.17) is 9.15 Å². The van der Waals surface area contributed by atoms with Gasteiger partial charge in [0.25, 0.3) is 11.8 Å². The molecular formula is C21H19N3O6. The summed E-state index contributed by atoms with van der Waals surface area (Å²) in [5.41, 5.74) is 0.446. The number of amides is 2. The minimum Gasteiger partial charge on any atom is -0.477 e. The number of benzene rings is 2. The molecule has 0 spiro atoms. The molecule has 0 radical (unpaired) electrons. The summed E-state index contributed by atoms with van der Waals surface area (Å²) in [5.74, 6) is -0.252. The van der Waals surface area contributed by atoms with Gasteiger partial charge >= 0.3 is 5.69 Å². The number of carbonyl (C=O) groups excluding carboxylic acids is 2. The maximum absolute atomic E-state index is 12.6. The predicted octanol–water partition coefficient (Wildman–Crippen LogP) is 3.16. The van der Waals surface area contributed by atoms with Gasteiger partial charge in [-0.05, 0) is 30.3 Å². The van der Waals surface area contributed by atoms with Gasteiger partial charge in [-0.15, -0.1) is 0 Å². The van der Waals surface area contributed by atoms with Gasteiger partial charge < -0.3 is 19.4 Å². The van der Waals surface area contributed by atoms with Crippen LogP contribution < -0.4 is 15.0 Å². The Morgan fingerprint density at radius 3 is 2.57 bits per heavy atom. The van der Waals surface area contributed by atoms with Gasteiger partial charge in [-0.25, -0.2) is 0 Å². The van der Waals surface area contributed by atoms with Gasteiger partial charge in [0, 0.05) is 13.1 Å². The van der Waals surface area contributed by atoms with Crippen molar-refractivity contribution in [1.82, 2.24) is 5.32 Å². The van der Waals surface area contributed by atoms with Gasteiger partial charge in [-0.1, -0.05) is 24.3 Å². The third-order valence-corrected chi connectivity index (χ3v) is 4.30. The number of furan rings is 1. The average Bonchev–Trinajstić information content (AvgIpc) is 3.29. The molecule has 0 bridgehead atoms. The van der Waals surface area contributed by atoms with Crippen molar-refractivity contribution in [2.24, 2.45) is 0 Å². The Bertz CT molecular complexity index is 1050. The summed E-state index contributed by atoms with van der Waals surface area (Å²) in [6, 6.07) is 15.9. The molecule has 9 heteroatoms. The fraction of sp³-hybridized carbons (Fsp3) is 0.143. The van der Waals surface area contributed by atoms with Gasteiger partial charge in [-0.2, -0.15) is 0 Å². The molecule has 1 heterocycles. The van der Waals surface area contributed by atoms with E-state index in [-0.39, 0.29) is 23.9 Å². The zero-order chi connectivity index (χ0) is 21.5. The van der Waals surface area contributed by atoms with E-state index in [0.29, 0.717) is 17.0 Å². The van der Waals surface area contributed by atoms with E-state index in [0.717, 1.165) is 0 Å². The van der Waals surface area contributed by atoms with Crippen LogP contribution in [0.4, 0.5) is 11.4 Å². The number of nitrogens with one attached hydrogen (secondary N) is 1. The van der Waals surface area contributed by atoms with Crippen molar-refractivity contribution in [3.05, 3.63) is 88.4 Å². The molecule has 0 aliphatic carbocycles. The summed E-state index contributed by atoms with van der Waals surface area (Å²) in [6.45, 7) is -0.220. The average molecular weight is 409 g/mol. The van der Waals surface area contributed by atoms with Gasteiger partial charge in [0.05, 0.1) is 29.0 Å². The summed E-state index contributed by atoms with van der Waals surface area (Å²) < 4.78 is 10.5. The van der Waals surface area contributed by atoms with Gasteiger partial charge in [0.2, 0.25) is 0 Å². The second kappa shape index (κ2) is 9.37. The Morgan fingerprint density at radius 2 is 1.83 bits per heavy atom. The maximum atomic E-state index is 12.6. The van der Waals surface area contributed by atoms with Crippen molar-refractivity contribution in [3.8, 4) is 5.75 Å². The van der Waals surface area contributed by atoms with Crippen LogP contribution in [0.1, 0.15) is 16.1 Å². The maximum Gasteiger partial charge on any atom is 0.310 e. The third-order valence-electron chi connectivity index (χ3n) is 4.30. The van der Waals surface area contributed by atoms with Gasteiger partial charge in [0.1, 0.15) is 5.76 Å². The van der Waals surface area contributed by atoms with Crippen molar-refractivity contribution < 1.29 is 23.7 Å². The topological polar surface area (TPSA) is 115 Å². The minimum absolute atomic E-state index is 0.00581. The lowest BCUT2D eigenvalue weighted by atomic mass is 10.1. The highest BCUT2D eigenvalue weighted by atomic mass is 16.6. The van der Waals surface area contributed by atoms with E-state index < -0.39 is 17.4 Å². The molecule has 0 fully saturated rings. The van der Waals surface area contributed by atoms with E-state index >= 15 is 0 Å². The van der Waals surface area contributed by atoms with Crippen molar-refractivity contribution in [1.29, 1.82) is 0 Å². The van der Waals surface area contributed by atoms with E-state index in [2.05, 4.69) is 5.32 Å². The highest BCUT2D eigenvalue weighted by molar-refractivity contribution is 6.04. The lowest BCUT2D eigenvalue weighted by molar-refractivity contribution is -0.385. The van der Waals surface area contributed by atoms with Crippen molar-refractivity contribution >= 4 is 23.2 Å². The molecule has 0 unspecified atom stereocenters. The Labute approximate surface area is 172 Å². The molecule has 0 atom stereocenters. The molecule has 0 saturated heterocycles. The van der Waals surface area contributed by atoms with Crippen LogP contribution in [0.5, 0.6) is 5.75 Å². The van der Waals surface area contributed by atoms with Crippen molar-refractivity contribution in [3.63, 3.8) is 0 Å². The van der Waals surface area contributed by atoms with Crippen LogP contribution in [0, 0.1) is 10.1 Å². The molecular weight excluding hydrogens is 390 g/mol. The zero-order valence-electron chi connectivity index (χ0n) is 16.1. The minimum atomic E-state index is -0.581. The van der Waals surface area contributed by atoms with Gasteiger partial charge in [0.15, 0.2) is 12.4 Å². The molecule has 3 rings (SSSR count). The van der Waals surface area contributed by atoms with Crippen LogP contribution in [0.2, 0.25) is 0 Å². The number of nitro benzene ring substituents is 1. The Hall–Kier alpha value is -4.14. The monoisotopic (exact) mass is 409 g/mol. The van der Waals surface area contributed by atoms with Gasteiger partial charge in [-0.3, -0.25) is 19.7 Å². The molecule has 3 aromatic rings. The van der Waals surface area contributed by atoms with Crippen LogP contribution in [-0.2, 0) is 11.3 Å². The lowest BCUT2D eigenvalue weighted by Crippen LogP contribution is -2.33. The second-order valence-electron chi connectivity index (χ2n) is 6.25. The molecule has 1 N–H and O–H groups in total. The van der Waals surface area contributed by atoms with Crippen molar-refractivity contribution in [2.75, 3.05) is 18.6 Å². The number of para-hydroxylation sites is 3. The molecule has 1 aromatic heterocycles. The van der Waals surface area contributed by atoms with Crippen LogP contribution >= 0.6 is 0 Å². The number of anilines is 1. The van der Waals surface area contributed by atoms with Crippen molar-refractivity contribution in [2.45, 2.75) is 6.54 Å². The molecule has 0 aliphatic heterocycles. The second-order valence-corrected chi connectivity index (χ2v) is 6.25. The number of ether oxygens (including phenoxy) is 1. The Balaban J connectivity index is 1.69. The third kappa shape index (κ3) is 4.82. The lowest BCUT2D eigenvalue weighted by Gasteiger charge is -2.20. The molecule has 2 aromatic carbocycles. The first-order valence-corrected chi connectivity index (χ1v) is 8.99. The van der Waals surface area contributed by atoms with E-state index in [1.165, 1.54) is 36.4 Å². The van der Waals surface area contributed by atoms with Crippen LogP contribution in [0.25, 0.3) is 0 Å². The first-order chi connectivity index (χ1) is 14.5. The normalized spacial score (nSPS) is 10.3. The summed E-state index contributed by atoms with van der Waals surface area (Å²) in [6.07, 6.45) is 1.51. The molecule has 9 nitrogen and oxygen atoms in total. The van der Waals surface area contributed by atoms with E-state index in [1.807, 2.05) is 0 Å². The SMILES string of the molecule is CN(C(=O)COc1ccccc1[N+](=O)[O-])c1ccccc1C(=O)NCc1ccco1. The largest absolute Gasteiger partial charge is 0.477 e. The number of nitrogens with zero attached hydrogens (tertiary/aromatic N) is 2. The summed E-state index contributed by atoms with van der Waals surface area (Å²) in [4.78, 5) is 37.0. The zero-order valence-corrected chi connectivity index (χ0v) is 16.1. The molecule has 2 amide bonds. The Kier molecular flexibility index (Phi) is 6.43. The number of hydrogen-bond acceptors (Lipinski definition) is 6. The van der Waals surface area contributed by atoms with E-state index in [9.17, 15) is 19.7 Å².